The SMILES string of the molecule is CC1CCCC1CNC(=O)c1ccc(CCl)cc1. The van der Waals surface area contributed by atoms with E-state index in [1.165, 1.54) is 19.3 Å². The number of hydrogen-bond acceptors (Lipinski definition) is 1. The molecule has 1 aromatic carbocycles. The molecule has 1 N–H and O–H groups in total. The summed E-state index contributed by atoms with van der Waals surface area (Å²) >= 11 is 5.72. The van der Waals surface area contributed by atoms with Crippen LogP contribution in [0.4, 0.5) is 0 Å². The van der Waals surface area contributed by atoms with Gasteiger partial charge in [0.15, 0.2) is 0 Å². The van der Waals surface area contributed by atoms with Crippen LogP contribution in [-0.4, -0.2) is 12.5 Å². The summed E-state index contributed by atoms with van der Waals surface area (Å²) in [5, 5.41) is 3.04. The van der Waals surface area contributed by atoms with Crippen LogP contribution in [0.15, 0.2) is 24.3 Å². The number of carbonyl (C=O) groups excluding carboxylic acids is 1. The number of hydrogen-bond donors (Lipinski definition) is 1. The summed E-state index contributed by atoms with van der Waals surface area (Å²) < 4.78 is 0. The fourth-order valence-corrected chi connectivity index (χ4v) is 2.77. The molecule has 2 unspecified atom stereocenters. The van der Waals surface area contributed by atoms with Crippen LogP contribution in [-0.2, 0) is 5.88 Å². The summed E-state index contributed by atoms with van der Waals surface area (Å²) in [4.78, 5) is 12.0. The normalized spacial score (nSPS) is 23.0. The van der Waals surface area contributed by atoms with E-state index in [0.717, 1.165) is 23.6 Å². The predicted molar refractivity (Wildman–Crippen MR) is 74.8 cm³/mol. The minimum absolute atomic E-state index is 0.0234. The highest BCUT2D eigenvalue weighted by atomic mass is 35.5. The number of amides is 1. The fourth-order valence-electron chi connectivity index (χ4n) is 2.60. The van der Waals surface area contributed by atoms with Gasteiger partial charge in [-0.1, -0.05) is 31.9 Å². The van der Waals surface area contributed by atoms with Crippen LogP contribution in [0.1, 0.15) is 42.1 Å². The van der Waals surface area contributed by atoms with Crippen molar-refractivity contribution in [3.05, 3.63) is 35.4 Å². The van der Waals surface area contributed by atoms with Crippen LogP contribution < -0.4 is 5.32 Å². The van der Waals surface area contributed by atoms with Gasteiger partial charge in [-0.05, 0) is 36.0 Å². The van der Waals surface area contributed by atoms with Crippen LogP contribution in [0.3, 0.4) is 0 Å². The summed E-state index contributed by atoms with van der Waals surface area (Å²) in [5.74, 6) is 1.90. The molecule has 1 aliphatic carbocycles. The van der Waals surface area contributed by atoms with Gasteiger partial charge in [0, 0.05) is 18.0 Å². The second-order valence-corrected chi connectivity index (χ2v) is 5.48. The molecule has 3 heteroatoms. The maximum Gasteiger partial charge on any atom is 0.251 e. The zero-order valence-electron chi connectivity index (χ0n) is 10.8. The maximum absolute atomic E-state index is 12.0. The molecular formula is C15H20ClNO. The second-order valence-electron chi connectivity index (χ2n) is 5.21. The van der Waals surface area contributed by atoms with Gasteiger partial charge in [0.1, 0.15) is 0 Å². The van der Waals surface area contributed by atoms with Gasteiger partial charge in [-0.25, -0.2) is 0 Å². The third-order valence-electron chi connectivity index (χ3n) is 3.93. The zero-order valence-corrected chi connectivity index (χ0v) is 11.5. The molecular weight excluding hydrogens is 246 g/mol. The molecule has 0 saturated heterocycles. The molecule has 1 amide bonds. The van der Waals surface area contributed by atoms with Crippen LogP contribution in [0, 0.1) is 11.8 Å². The van der Waals surface area contributed by atoms with Gasteiger partial charge in [0.25, 0.3) is 5.91 Å². The Hall–Kier alpha value is -1.02. The Morgan fingerprint density at radius 1 is 1.33 bits per heavy atom. The van der Waals surface area contributed by atoms with E-state index >= 15 is 0 Å². The molecule has 1 aliphatic rings. The zero-order chi connectivity index (χ0) is 13.0. The highest BCUT2D eigenvalue weighted by molar-refractivity contribution is 6.17. The van der Waals surface area contributed by atoms with Crippen molar-refractivity contribution in [2.75, 3.05) is 6.54 Å². The Kier molecular flexibility index (Phi) is 4.65. The molecule has 18 heavy (non-hydrogen) atoms. The topological polar surface area (TPSA) is 29.1 Å². The van der Waals surface area contributed by atoms with Crippen molar-refractivity contribution in [1.29, 1.82) is 0 Å². The minimum atomic E-state index is 0.0234. The van der Waals surface area contributed by atoms with Crippen molar-refractivity contribution in [2.45, 2.75) is 32.1 Å². The van der Waals surface area contributed by atoms with Crippen molar-refractivity contribution in [3.8, 4) is 0 Å². The quantitative estimate of drug-likeness (QED) is 0.829. The van der Waals surface area contributed by atoms with E-state index in [1.54, 1.807) is 0 Å². The first-order chi connectivity index (χ1) is 8.70. The Labute approximate surface area is 114 Å². The smallest absolute Gasteiger partial charge is 0.251 e. The highest BCUT2D eigenvalue weighted by Crippen LogP contribution is 2.30. The van der Waals surface area contributed by atoms with E-state index in [-0.39, 0.29) is 5.91 Å². The molecule has 0 aromatic heterocycles. The Bertz CT molecular complexity index is 401. The molecule has 98 valence electrons. The largest absolute Gasteiger partial charge is 0.352 e. The Balaban J connectivity index is 1.87. The summed E-state index contributed by atoms with van der Waals surface area (Å²) in [6.45, 7) is 3.08. The van der Waals surface area contributed by atoms with Crippen LogP contribution >= 0.6 is 11.6 Å². The highest BCUT2D eigenvalue weighted by Gasteiger charge is 2.23. The van der Waals surface area contributed by atoms with Gasteiger partial charge in [-0.3, -0.25) is 4.79 Å². The van der Waals surface area contributed by atoms with Crippen molar-refractivity contribution in [3.63, 3.8) is 0 Å². The molecule has 0 bridgehead atoms. The molecule has 0 aliphatic heterocycles. The lowest BCUT2D eigenvalue weighted by Gasteiger charge is -2.15. The Morgan fingerprint density at radius 3 is 2.61 bits per heavy atom. The monoisotopic (exact) mass is 265 g/mol. The number of alkyl halides is 1. The molecule has 2 atom stereocenters. The first-order valence-electron chi connectivity index (χ1n) is 6.64. The van der Waals surface area contributed by atoms with E-state index in [1.807, 2.05) is 24.3 Å². The lowest BCUT2D eigenvalue weighted by Crippen LogP contribution is -2.30. The number of halogens is 1. The summed E-state index contributed by atoms with van der Waals surface area (Å²) in [7, 11) is 0. The Morgan fingerprint density at radius 2 is 2.06 bits per heavy atom. The molecule has 1 fully saturated rings. The van der Waals surface area contributed by atoms with Crippen LogP contribution in [0.25, 0.3) is 0 Å². The van der Waals surface area contributed by atoms with Gasteiger partial charge in [0.05, 0.1) is 0 Å². The molecule has 0 heterocycles. The first kappa shape index (κ1) is 13.4. The lowest BCUT2D eigenvalue weighted by atomic mass is 9.98. The standard InChI is InChI=1S/C15H20ClNO/c1-11-3-2-4-14(11)10-17-15(18)13-7-5-12(9-16)6-8-13/h5-8,11,14H,2-4,9-10H2,1H3,(H,17,18). The van der Waals surface area contributed by atoms with Gasteiger partial charge < -0.3 is 5.32 Å². The summed E-state index contributed by atoms with van der Waals surface area (Å²) in [5.41, 5.74) is 1.76. The lowest BCUT2D eigenvalue weighted by molar-refractivity contribution is 0.0944. The van der Waals surface area contributed by atoms with Gasteiger partial charge in [-0.2, -0.15) is 0 Å². The third-order valence-corrected chi connectivity index (χ3v) is 4.24. The van der Waals surface area contributed by atoms with Gasteiger partial charge >= 0.3 is 0 Å². The van der Waals surface area contributed by atoms with Crippen LogP contribution in [0.5, 0.6) is 0 Å². The molecule has 1 aromatic rings. The minimum Gasteiger partial charge on any atom is -0.352 e. The van der Waals surface area contributed by atoms with Crippen molar-refractivity contribution in [2.24, 2.45) is 11.8 Å². The number of rotatable bonds is 4. The summed E-state index contributed by atoms with van der Waals surface area (Å²) in [6.07, 6.45) is 3.84. The number of carbonyl (C=O) groups is 1. The molecule has 1 saturated carbocycles. The predicted octanol–water partition coefficient (Wildman–Crippen LogP) is 3.59. The summed E-state index contributed by atoms with van der Waals surface area (Å²) in [6, 6.07) is 7.48. The van der Waals surface area contributed by atoms with Gasteiger partial charge in [0.2, 0.25) is 0 Å². The van der Waals surface area contributed by atoms with E-state index in [2.05, 4.69) is 12.2 Å². The molecule has 0 radical (unpaired) electrons. The van der Waals surface area contributed by atoms with E-state index < -0.39 is 0 Å². The maximum atomic E-state index is 12.0. The van der Waals surface area contributed by atoms with E-state index in [4.69, 9.17) is 11.6 Å². The second kappa shape index (κ2) is 6.24. The van der Waals surface area contributed by atoms with E-state index in [0.29, 0.717) is 11.8 Å². The number of benzene rings is 1. The van der Waals surface area contributed by atoms with Crippen LogP contribution in [0.2, 0.25) is 0 Å². The fraction of sp³-hybridized carbons (Fsp3) is 0.533. The average molecular weight is 266 g/mol. The van der Waals surface area contributed by atoms with E-state index in [9.17, 15) is 4.79 Å². The first-order valence-corrected chi connectivity index (χ1v) is 7.17. The van der Waals surface area contributed by atoms with Crippen molar-refractivity contribution in [1.82, 2.24) is 5.32 Å². The molecule has 2 rings (SSSR count). The van der Waals surface area contributed by atoms with Gasteiger partial charge in [-0.15, -0.1) is 11.6 Å². The van der Waals surface area contributed by atoms with Crippen molar-refractivity contribution >= 4 is 17.5 Å². The molecule has 2 nitrogen and oxygen atoms in total. The average Bonchev–Trinajstić information content (AvgIpc) is 2.81. The number of nitrogens with one attached hydrogen (secondary N) is 1. The molecule has 0 spiro atoms. The van der Waals surface area contributed by atoms with Crippen molar-refractivity contribution < 1.29 is 4.79 Å². The third kappa shape index (κ3) is 3.26.